The molecule has 144 valence electrons. The summed E-state index contributed by atoms with van der Waals surface area (Å²) < 4.78 is 1.35. The number of hydrogen-bond acceptors (Lipinski definition) is 5. The summed E-state index contributed by atoms with van der Waals surface area (Å²) in [6.07, 6.45) is 0. The van der Waals surface area contributed by atoms with Crippen molar-refractivity contribution in [3.63, 3.8) is 0 Å². The van der Waals surface area contributed by atoms with E-state index in [9.17, 15) is 14.9 Å². The predicted octanol–water partition coefficient (Wildman–Crippen LogP) is 3.43. The van der Waals surface area contributed by atoms with Crippen molar-refractivity contribution in [2.24, 2.45) is 7.05 Å². The summed E-state index contributed by atoms with van der Waals surface area (Å²) in [5.74, 6) is 0. The average molecular weight is 399 g/mol. The maximum atomic E-state index is 12.7. The lowest BCUT2D eigenvalue weighted by Crippen LogP contribution is -2.47. The lowest BCUT2D eigenvalue weighted by molar-refractivity contribution is -0.385. The molecule has 7 nitrogen and oxygen atoms in total. The Hall–Kier alpha value is -3.06. The lowest BCUT2D eigenvalue weighted by atomic mass is 10.1. The highest BCUT2D eigenvalue weighted by Gasteiger charge is 2.30. The van der Waals surface area contributed by atoms with Crippen LogP contribution in [0.15, 0.2) is 53.3 Å². The van der Waals surface area contributed by atoms with Crippen molar-refractivity contribution >= 4 is 39.6 Å². The van der Waals surface area contributed by atoms with Crippen molar-refractivity contribution < 1.29 is 4.92 Å². The van der Waals surface area contributed by atoms with Crippen LogP contribution in [-0.4, -0.2) is 35.7 Å². The molecule has 0 radical (unpaired) electrons. The van der Waals surface area contributed by atoms with Crippen LogP contribution in [0, 0.1) is 10.1 Å². The number of rotatable bonds is 3. The number of anilines is 2. The van der Waals surface area contributed by atoms with Crippen LogP contribution in [0.3, 0.4) is 0 Å². The Morgan fingerprint density at radius 3 is 2.36 bits per heavy atom. The fraction of sp³-hybridized carbons (Fsp3) is 0.250. The molecule has 0 atom stereocenters. The maximum Gasteiger partial charge on any atom is 0.357 e. The molecule has 4 rings (SSSR count). The smallest absolute Gasteiger partial charge is 0.357 e. The maximum absolute atomic E-state index is 12.7. The molecule has 0 unspecified atom stereocenters. The van der Waals surface area contributed by atoms with E-state index in [0.717, 1.165) is 5.69 Å². The normalized spacial score (nSPS) is 14.5. The Bertz CT molecular complexity index is 1120. The van der Waals surface area contributed by atoms with Crippen molar-refractivity contribution in [2.45, 2.75) is 0 Å². The van der Waals surface area contributed by atoms with Gasteiger partial charge in [0, 0.05) is 49.3 Å². The van der Waals surface area contributed by atoms with Crippen molar-refractivity contribution in [3.05, 3.63) is 74.0 Å². The van der Waals surface area contributed by atoms with Gasteiger partial charge in [0.25, 0.3) is 0 Å². The molecule has 8 heteroatoms. The van der Waals surface area contributed by atoms with E-state index in [4.69, 9.17) is 11.6 Å². The molecule has 1 fully saturated rings. The zero-order chi connectivity index (χ0) is 19.8. The number of pyridine rings is 1. The third kappa shape index (κ3) is 3.07. The Kier molecular flexibility index (Phi) is 4.68. The minimum Gasteiger partial charge on any atom is -0.368 e. The van der Waals surface area contributed by atoms with Gasteiger partial charge in [-0.05, 0) is 24.3 Å². The lowest BCUT2D eigenvalue weighted by Gasteiger charge is -2.37. The van der Waals surface area contributed by atoms with Gasteiger partial charge in [-0.15, -0.1) is 0 Å². The molecule has 0 spiro atoms. The van der Waals surface area contributed by atoms with Crippen LogP contribution in [0.4, 0.5) is 17.1 Å². The first-order valence-corrected chi connectivity index (χ1v) is 9.37. The first kappa shape index (κ1) is 18.3. The number of piperazine rings is 1. The number of aryl methyl sites for hydroxylation is 1. The second-order valence-electron chi connectivity index (χ2n) is 6.79. The summed E-state index contributed by atoms with van der Waals surface area (Å²) in [4.78, 5) is 28.0. The van der Waals surface area contributed by atoms with Crippen LogP contribution < -0.4 is 15.4 Å². The Balaban J connectivity index is 1.74. The second kappa shape index (κ2) is 7.16. The van der Waals surface area contributed by atoms with E-state index in [1.807, 2.05) is 53.4 Å². The van der Waals surface area contributed by atoms with Gasteiger partial charge in [0.2, 0.25) is 0 Å². The first-order valence-electron chi connectivity index (χ1n) is 8.99. The van der Waals surface area contributed by atoms with E-state index < -0.39 is 10.5 Å². The van der Waals surface area contributed by atoms with E-state index in [0.29, 0.717) is 47.8 Å². The van der Waals surface area contributed by atoms with Crippen molar-refractivity contribution in [1.82, 2.24) is 4.57 Å². The summed E-state index contributed by atoms with van der Waals surface area (Å²) >= 11 is 6.09. The standard InChI is InChI=1S/C20H19ClN4O3/c1-22-17-8-3-2-7-16(17)18(19(20(22)26)25(27)28)24-11-9-23(10-12-24)15-6-4-5-14(21)13-15/h2-8,13H,9-12H2,1H3. The fourth-order valence-electron chi connectivity index (χ4n) is 3.81. The van der Waals surface area contributed by atoms with Gasteiger partial charge in [0.1, 0.15) is 5.69 Å². The number of hydrogen-bond donors (Lipinski definition) is 0. The topological polar surface area (TPSA) is 71.6 Å². The highest BCUT2D eigenvalue weighted by Crippen LogP contribution is 2.34. The Morgan fingerprint density at radius 2 is 1.68 bits per heavy atom. The zero-order valence-corrected chi connectivity index (χ0v) is 16.1. The van der Waals surface area contributed by atoms with Gasteiger partial charge in [0.15, 0.2) is 0 Å². The summed E-state index contributed by atoms with van der Waals surface area (Å²) in [5.41, 5.74) is 1.17. The number of fused-ring (bicyclic) bond motifs is 1. The van der Waals surface area contributed by atoms with Gasteiger partial charge in [-0.3, -0.25) is 14.9 Å². The Labute approximate surface area is 166 Å². The third-order valence-corrected chi connectivity index (χ3v) is 5.44. The highest BCUT2D eigenvalue weighted by molar-refractivity contribution is 6.30. The third-order valence-electron chi connectivity index (χ3n) is 5.20. The monoisotopic (exact) mass is 398 g/mol. The number of halogens is 1. The van der Waals surface area contributed by atoms with Gasteiger partial charge >= 0.3 is 11.2 Å². The molecule has 0 amide bonds. The molecule has 2 heterocycles. The number of benzene rings is 2. The molecule has 0 N–H and O–H groups in total. The quantitative estimate of drug-likeness (QED) is 0.499. The number of nitrogens with zero attached hydrogens (tertiary/aromatic N) is 4. The molecule has 3 aromatic rings. The van der Waals surface area contributed by atoms with E-state index in [2.05, 4.69) is 4.90 Å². The zero-order valence-electron chi connectivity index (χ0n) is 15.3. The first-order chi connectivity index (χ1) is 13.5. The van der Waals surface area contributed by atoms with Crippen LogP contribution in [0.1, 0.15) is 0 Å². The minimum absolute atomic E-state index is 0.364. The molecule has 0 aliphatic carbocycles. The van der Waals surface area contributed by atoms with Crippen molar-refractivity contribution in [3.8, 4) is 0 Å². The van der Waals surface area contributed by atoms with E-state index >= 15 is 0 Å². The molecule has 1 saturated heterocycles. The summed E-state index contributed by atoms with van der Waals surface area (Å²) in [5, 5.41) is 13.1. The Morgan fingerprint density at radius 1 is 1.00 bits per heavy atom. The molecule has 2 aromatic carbocycles. The van der Waals surface area contributed by atoms with E-state index in [-0.39, 0.29) is 5.69 Å². The molecule has 1 aliphatic heterocycles. The highest BCUT2D eigenvalue weighted by atomic mass is 35.5. The number of nitro groups is 1. The summed E-state index contributed by atoms with van der Waals surface area (Å²) in [7, 11) is 1.57. The van der Waals surface area contributed by atoms with Crippen LogP contribution in [0.2, 0.25) is 5.02 Å². The van der Waals surface area contributed by atoms with Crippen LogP contribution in [-0.2, 0) is 7.05 Å². The van der Waals surface area contributed by atoms with Crippen LogP contribution in [0.25, 0.3) is 10.9 Å². The van der Waals surface area contributed by atoms with E-state index in [1.165, 1.54) is 4.57 Å². The predicted molar refractivity (Wildman–Crippen MR) is 112 cm³/mol. The van der Waals surface area contributed by atoms with Gasteiger partial charge in [0.05, 0.1) is 10.4 Å². The number of aromatic nitrogens is 1. The molecular weight excluding hydrogens is 380 g/mol. The van der Waals surface area contributed by atoms with Crippen molar-refractivity contribution in [1.29, 1.82) is 0 Å². The molecule has 1 aromatic heterocycles. The summed E-state index contributed by atoms with van der Waals surface area (Å²) in [6.45, 7) is 2.51. The van der Waals surface area contributed by atoms with Crippen LogP contribution >= 0.6 is 11.6 Å². The average Bonchev–Trinajstić information content (AvgIpc) is 2.70. The molecule has 1 aliphatic rings. The molecular formula is C20H19ClN4O3. The van der Waals surface area contributed by atoms with Gasteiger partial charge in [-0.25, -0.2) is 0 Å². The summed E-state index contributed by atoms with van der Waals surface area (Å²) in [6, 6.07) is 15.0. The molecule has 0 bridgehead atoms. The molecule has 28 heavy (non-hydrogen) atoms. The van der Waals surface area contributed by atoms with E-state index in [1.54, 1.807) is 7.05 Å². The fourth-order valence-corrected chi connectivity index (χ4v) is 3.99. The van der Waals surface area contributed by atoms with Crippen molar-refractivity contribution in [2.75, 3.05) is 36.0 Å². The van der Waals surface area contributed by atoms with Crippen LogP contribution in [0.5, 0.6) is 0 Å². The number of para-hydroxylation sites is 1. The molecule has 0 saturated carbocycles. The largest absolute Gasteiger partial charge is 0.368 e. The van der Waals surface area contributed by atoms with Gasteiger partial charge in [-0.1, -0.05) is 35.9 Å². The van der Waals surface area contributed by atoms with Gasteiger partial charge < -0.3 is 14.4 Å². The second-order valence-corrected chi connectivity index (χ2v) is 7.23. The van der Waals surface area contributed by atoms with Gasteiger partial charge in [-0.2, -0.15) is 0 Å². The SMILES string of the molecule is Cn1c(=O)c([N+](=O)[O-])c(N2CCN(c3cccc(Cl)c3)CC2)c2ccccc21. The minimum atomic E-state index is -0.587.